The van der Waals surface area contributed by atoms with Crippen molar-refractivity contribution >= 4 is 11.6 Å². The molecule has 154 valence electrons. The van der Waals surface area contributed by atoms with E-state index in [4.69, 9.17) is 19.2 Å². The van der Waals surface area contributed by atoms with Gasteiger partial charge < -0.3 is 14.2 Å². The lowest BCUT2D eigenvalue weighted by atomic mass is 10.2. The van der Waals surface area contributed by atoms with Gasteiger partial charge in [0.25, 0.3) is 0 Å². The molecule has 0 saturated carbocycles. The Labute approximate surface area is 178 Å². The molecule has 4 nitrogen and oxygen atoms in total. The second-order valence-electron chi connectivity index (χ2n) is 6.94. The zero-order valence-electron chi connectivity index (χ0n) is 17.9. The van der Waals surface area contributed by atoms with Gasteiger partial charge in [-0.05, 0) is 62.2 Å². The van der Waals surface area contributed by atoms with Gasteiger partial charge in [0.15, 0.2) is 11.5 Å². The van der Waals surface area contributed by atoms with E-state index in [1.54, 1.807) is 13.4 Å². The van der Waals surface area contributed by atoms with Gasteiger partial charge in [-0.25, -0.2) is 4.99 Å². The van der Waals surface area contributed by atoms with Crippen LogP contribution >= 0.6 is 0 Å². The fourth-order valence-corrected chi connectivity index (χ4v) is 2.82. The van der Waals surface area contributed by atoms with Gasteiger partial charge in [0.2, 0.25) is 5.90 Å². The van der Waals surface area contributed by atoms with Gasteiger partial charge in [0, 0.05) is 5.57 Å². The van der Waals surface area contributed by atoms with E-state index in [9.17, 15) is 0 Å². The average molecular weight is 402 g/mol. The Bertz CT molecular complexity index is 1040. The van der Waals surface area contributed by atoms with Crippen molar-refractivity contribution in [1.82, 2.24) is 0 Å². The second-order valence-corrected chi connectivity index (χ2v) is 6.94. The SMILES string of the molecule is CCC(=C\Oc1ccccc1OC)/C(=N/c1ccc(C)cc1)Oc1cccc(C)c1. The molecule has 3 rings (SSSR count). The third kappa shape index (κ3) is 5.74. The minimum atomic E-state index is 0.502. The van der Waals surface area contributed by atoms with Crippen LogP contribution in [0.25, 0.3) is 0 Å². The van der Waals surface area contributed by atoms with E-state index in [1.165, 1.54) is 5.56 Å². The van der Waals surface area contributed by atoms with Crippen LogP contribution in [0.15, 0.2) is 89.6 Å². The number of nitrogens with zero attached hydrogens (tertiary/aromatic N) is 1. The van der Waals surface area contributed by atoms with Gasteiger partial charge in [-0.15, -0.1) is 0 Å². The summed E-state index contributed by atoms with van der Waals surface area (Å²) >= 11 is 0. The summed E-state index contributed by atoms with van der Waals surface area (Å²) in [6.45, 7) is 6.13. The molecule has 30 heavy (non-hydrogen) atoms. The van der Waals surface area contributed by atoms with Crippen LogP contribution in [-0.4, -0.2) is 13.0 Å². The first-order valence-electron chi connectivity index (χ1n) is 9.98. The maximum absolute atomic E-state index is 6.20. The van der Waals surface area contributed by atoms with Crippen molar-refractivity contribution in [2.45, 2.75) is 27.2 Å². The fraction of sp³-hybridized carbons (Fsp3) is 0.192. The zero-order valence-corrected chi connectivity index (χ0v) is 17.9. The lowest BCUT2D eigenvalue weighted by Crippen LogP contribution is -2.12. The van der Waals surface area contributed by atoms with E-state index in [1.807, 2.05) is 86.6 Å². The first kappa shape index (κ1) is 21.2. The predicted molar refractivity (Wildman–Crippen MR) is 122 cm³/mol. The average Bonchev–Trinajstić information content (AvgIpc) is 2.76. The van der Waals surface area contributed by atoms with Crippen LogP contribution in [0.1, 0.15) is 24.5 Å². The summed E-state index contributed by atoms with van der Waals surface area (Å²) < 4.78 is 17.5. The summed E-state index contributed by atoms with van der Waals surface area (Å²) in [5, 5.41) is 0. The molecule has 0 unspecified atom stereocenters. The van der Waals surface area contributed by atoms with E-state index < -0.39 is 0 Å². The molecule has 0 atom stereocenters. The third-order valence-electron chi connectivity index (χ3n) is 4.52. The molecule has 0 fully saturated rings. The van der Waals surface area contributed by atoms with Gasteiger partial charge in [0.05, 0.1) is 19.1 Å². The highest BCUT2D eigenvalue weighted by Crippen LogP contribution is 2.27. The molecule has 0 aliphatic heterocycles. The Hall–Kier alpha value is -3.53. The Morgan fingerprint density at radius 3 is 2.27 bits per heavy atom. The van der Waals surface area contributed by atoms with Crippen molar-refractivity contribution in [3.8, 4) is 17.2 Å². The molecule has 3 aromatic carbocycles. The molecule has 3 aromatic rings. The molecule has 4 heteroatoms. The van der Waals surface area contributed by atoms with E-state index >= 15 is 0 Å². The van der Waals surface area contributed by atoms with Crippen molar-refractivity contribution in [1.29, 1.82) is 0 Å². The summed E-state index contributed by atoms with van der Waals surface area (Å²) in [5.74, 6) is 2.54. The van der Waals surface area contributed by atoms with E-state index in [0.29, 0.717) is 23.8 Å². The van der Waals surface area contributed by atoms with Crippen LogP contribution < -0.4 is 14.2 Å². The first-order valence-corrected chi connectivity index (χ1v) is 9.98. The van der Waals surface area contributed by atoms with E-state index in [-0.39, 0.29) is 0 Å². The van der Waals surface area contributed by atoms with Crippen LogP contribution in [0.3, 0.4) is 0 Å². The van der Waals surface area contributed by atoms with Crippen molar-refractivity contribution in [2.24, 2.45) is 4.99 Å². The van der Waals surface area contributed by atoms with Crippen LogP contribution in [0.2, 0.25) is 0 Å². The van der Waals surface area contributed by atoms with Gasteiger partial charge in [-0.2, -0.15) is 0 Å². The topological polar surface area (TPSA) is 40.0 Å². The fourth-order valence-electron chi connectivity index (χ4n) is 2.82. The maximum Gasteiger partial charge on any atom is 0.226 e. The second kappa shape index (κ2) is 10.3. The third-order valence-corrected chi connectivity index (χ3v) is 4.52. The molecule has 0 amide bonds. The Morgan fingerprint density at radius 2 is 1.60 bits per heavy atom. The van der Waals surface area contributed by atoms with Crippen molar-refractivity contribution in [2.75, 3.05) is 7.11 Å². The largest absolute Gasteiger partial charge is 0.493 e. The molecule has 0 aliphatic carbocycles. The number of benzene rings is 3. The van der Waals surface area contributed by atoms with Gasteiger partial charge >= 0.3 is 0 Å². The normalized spacial score (nSPS) is 11.9. The van der Waals surface area contributed by atoms with Crippen LogP contribution in [0.5, 0.6) is 17.2 Å². The summed E-state index contributed by atoms with van der Waals surface area (Å²) in [5.41, 5.74) is 3.96. The van der Waals surface area contributed by atoms with Crippen LogP contribution in [0, 0.1) is 13.8 Å². The van der Waals surface area contributed by atoms with Crippen LogP contribution in [-0.2, 0) is 0 Å². The highest BCUT2D eigenvalue weighted by molar-refractivity contribution is 5.96. The zero-order chi connectivity index (χ0) is 21.3. The molecule has 0 bridgehead atoms. The highest BCUT2D eigenvalue weighted by atomic mass is 16.5. The minimum absolute atomic E-state index is 0.502. The summed E-state index contributed by atoms with van der Waals surface area (Å²) in [6, 6.07) is 23.5. The molecule has 0 heterocycles. The summed E-state index contributed by atoms with van der Waals surface area (Å²) in [6.07, 6.45) is 2.37. The molecule has 0 spiro atoms. The number of aryl methyl sites for hydroxylation is 2. The molecule has 0 saturated heterocycles. The molecule has 0 N–H and O–H groups in total. The van der Waals surface area contributed by atoms with Gasteiger partial charge in [0.1, 0.15) is 5.75 Å². The van der Waals surface area contributed by atoms with Gasteiger partial charge in [-0.3, -0.25) is 0 Å². The van der Waals surface area contributed by atoms with Crippen molar-refractivity contribution in [3.05, 3.63) is 95.8 Å². The number of para-hydroxylation sites is 2. The Morgan fingerprint density at radius 1 is 0.867 bits per heavy atom. The smallest absolute Gasteiger partial charge is 0.226 e. The molecular weight excluding hydrogens is 374 g/mol. The first-order chi connectivity index (χ1) is 14.6. The number of aliphatic imine (C=N–C) groups is 1. The monoisotopic (exact) mass is 401 g/mol. The molecule has 0 radical (unpaired) electrons. The lowest BCUT2D eigenvalue weighted by Gasteiger charge is -2.13. The van der Waals surface area contributed by atoms with Crippen LogP contribution in [0.4, 0.5) is 5.69 Å². The summed E-state index contributed by atoms with van der Waals surface area (Å²) in [4.78, 5) is 4.77. The Kier molecular flexibility index (Phi) is 7.28. The van der Waals surface area contributed by atoms with E-state index in [2.05, 4.69) is 6.92 Å². The lowest BCUT2D eigenvalue weighted by molar-refractivity contribution is 0.376. The van der Waals surface area contributed by atoms with E-state index in [0.717, 1.165) is 22.6 Å². The minimum Gasteiger partial charge on any atom is -0.493 e. The van der Waals surface area contributed by atoms with Crippen molar-refractivity contribution < 1.29 is 14.2 Å². The number of methoxy groups -OCH3 is 1. The Balaban J connectivity index is 1.96. The molecule has 0 aromatic heterocycles. The standard InChI is InChI=1S/C26H27NO3/c1-5-21(18-29-25-12-7-6-11-24(25)28-4)26(27-22-15-13-19(2)14-16-22)30-23-10-8-9-20(3)17-23/h6-18H,5H2,1-4H3/b21-18+,27-26-. The number of ether oxygens (including phenoxy) is 3. The summed E-state index contributed by atoms with van der Waals surface area (Å²) in [7, 11) is 1.62. The maximum atomic E-state index is 6.20. The van der Waals surface area contributed by atoms with Gasteiger partial charge in [-0.1, -0.05) is 48.9 Å². The molecule has 0 aliphatic rings. The quantitative estimate of drug-likeness (QED) is 0.248. The number of hydrogen-bond donors (Lipinski definition) is 0. The van der Waals surface area contributed by atoms with Crippen molar-refractivity contribution in [3.63, 3.8) is 0 Å². The predicted octanol–water partition coefficient (Wildman–Crippen LogP) is 6.79. The molecular formula is C26H27NO3. The highest BCUT2D eigenvalue weighted by Gasteiger charge is 2.12. The number of rotatable bonds is 7. The number of hydrogen-bond acceptors (Lipinski definition) is 4.